The molecular formula is C14H24N2O3. The molecule has 0 aliphatic carbocycles. The molecule has 5 heteroatoms. The van der Waals surface area contributed by atoms with Crippen LogP contribution in [0.2, 0.25) is 0 Å². The van der Waals surface area contributed by atoms with Crippen molar-refractivity contribution in [3.63, 3.8) is 0 Å². The molecular weight excluding hydrogens is 244 g/mol. The summed E-state index contributed by atoms with van der Waals surface area (Å²) < 4.78 is 10.3. The van der Waals surface area contributed by atoms with Crippen LogP contribution >= 0.6 is 0 Å². The van der Waals surface area contributed by atoms with Crippen LogP contribution in [0.5, 0.6) is 5.75 Å². The minimum Gasteiger partial charge on any atom is -0.496 e. The number of nitrogens with two attached hydrogens (primary N) is 1. The molecule has 108 valence electrons. The molecule has 0 saturated heterocycles. The molecule has 19 heavy (non-hydrogen) atoms. The summed E-state index contributed by atoms with van der Waals surface area (Å²) in [5.41, 5.74) is 7.93. The minimum absolute atomic E-state index is 0.145. The monoisotopic (exact) mass is 268 g/mol. The van der Waals surface area contributed by atoms with Gasteiger partial charge < -0.3 is 25.2 Å². The van der Waals surface area contributed by atoms with Gasteiger partial charge >= 0.3 is 0 Å². The molecule has 2 atom stereocenters. The number of aliphatic hydroxyl groups is 1. The van der Waals surface area contributed by atoms with Gasteiger partial charge in [0.2, 0.25) is 0 Å². The summed E-state index contributed by atoms with van der Waals surface area (Å²) in [7, 11) is 5.12. The van der Waals surface area contributed by atoms with Gasteiger partial charge in [0.15, 0.2) is 0 Å². The van der Waals surface area contributed by atoms with Crippen molar-refractivity contribution in [2.75, 3.05) is 39.3 Å². The fourth-order valence-electron chi connectivity index (χ4n) is 2.16. The van der Waals surface area contributed by atoms with Gasteiger partial charge in [0, 0.05) is 38.0 Å². The Morgan fingerprint density at radius 1 is 1.37 bits per heavy atom. The van der Waals surface area contributed by atoms with Crippen molar-refractivity contribution in [3.05, 3.63) is 23.8 Å². The number of anilines is 1. The highest BCUT2D eigenvalue weighted by molar-refractivity contribution is 5.60. The van der Waals surface area contributed by atoms with Crippen LogP contribution in [-0.2, 0) is 4.74 Å². The zero-order valence-electron chi connectivity index (χ0n) is 12.1. The highest BCUT2D eigenvalue weighted by Crippen LogP contribution is 2.33. The van der Waals surface area contributed by atoms with Crippen molar-refractivity contribution in [3.8, 4) is 5.75 Å². The van der Waals surface area contributed by atoms with E-state index in [9.17, 15) is 5.11 Å². The number of hydrogen-bond acceptors (Lipinski definition) is 5. The van der Waals surface area contributed by atoms with Gasteiger partial charge in [-0.15, -0.1) is 0 Å². The number of rotatable bonds is 7. The van der Waals surface area contributed by atoms with E-state index in [1.54, 1.807) is 14.2 Å². The molecule has 0 fully saturated rings. The molecule has 1 rings (SSSR count). The Morgan fingerprint density at radius 3 is 2.58 bits per heavy atom. The summed E-state index contributed by atoms with van der Waals surface area (Å²) in [4.78, 5) is 1.96. The van der Waals surface area contributed by atoms with Crippen molar-refractivity contribution in [2.45, 2.75) is 19.1 Å². The lowest BCUT2D eigenvalue weighted by molar-refractivity contribution is 0.0695. The Bertz CT molecular complexity index is 396. The van der Waals surface area contributed by atoms with Crippen LogP contribution in [0.25, 0.3) is 0 Å². The summed E-state index contributed by atoms with van der Waals surface area (Å²) in [5.74, 6) is 0.764. The van der Waals surface area contributed by atoms with Gasteiger partial charge in [0.05, 0.1) is 19.8 Å². The molecule has 0 amide bonds. The number of likely N-dealkylation sites (N-methyl/N-ethyl adjacent to an activating group) is 1. The predicted molar refractivity (Wildman–Crippen MR) is 76.7 cm³/mol. The lowest BCUT2D eigenvalue weighted by atomic mass is 10.0. The van der Waals surface area contributed by atoms with Gasteiger partial charge in [-0.25, -0.2) is 0 Å². The fourth-order valence-corrected chi connectivity index (χ4v) is 2.16. The van der Waals surface area contributed by atoms with Crippen molar-refractivity contribution in [1.29, 1.82) is 0 Å². The lowest BCUT2D eigenvalue weighted by Gasteiger charge is -2.27. The van der Waals surface area contributed by atoms with Crippen LogP contribution in [0.3, 0.4) is 0 Å². The second-order valence-corrected chi connectivity index (χ2v) is 4.67. The van der Waals surface area contributed by atoms with Crippen LogP contribution in [0.4, 0.5) is 5.69 Å². The highest BCUT2D eigenvalue weighted by atomic mass is 16.5. The van der Waals surface area contributed by atoms with Crippen LogP contribution < -0.4 is 15.4 Å². The highest BCUT2D eigenvalue weighted by Gasteiger charge is 2.17. The Labute approximate surface area is 114 Å². The van der Waals surface area contributed by atoms with E-state index >= 15 is 0 Å². The van der Waals surface area contributed by atoms with Crippen LogP contribution in [0, 0.1) is 0 Å². The first kappa shape index (κ1) is 15.8. The first-order valence-corrected chi connectivity index (χ1v) is 6.31. The Hall–Kier alpha value is -1.30. The van der Waals surface area contributed by atoms with Gasteiger partial charge in [-0.2, -0.15) is 0 Å². The fraction of sp³-hybridized carbons (Fsp3) is 0.571. The smallest absolute Gasteiger partial charge is 0.125 e. The van der Waals surface area contributed by atoms with Gasteiger partial charge in [-0.05, 0) is 19.1 Å². The lowest BCUT2D eigenvalue weighted by Crippen LogP contribution is -2.33. The summed E-state index contributed by atoms with van der Waals surface area (Å²) in [6.45, 7) is 2.70. The number of methoxy groups -OCH3 is 2. The Morgan fingerprint density at radius 2 is 2.05 bits per heavy atom. The van der Waals surface area contributed by atoms with E-state index in [0.717, 1.165) is 17.0 Å². The molecule has 0 spiro atoms. The summed E-state index contributed by atoms with van der Waals surface area (Å²) in [5, 5.41) is 9.81. The van der Waals surface area contributed by atoms with Crippen LogP contribution in [-0.4, -0.2) is 45.6 Å². The van der Waals surface area contributed by atoms with E-state index in [0.29, 0.717) is 13.2 Å². The molecule has 0 bridgehead atoms. The zero-order chi connectivity index (χ0) is 14.4. The third kappa shape index (κ3) is 4.09. The largest absolute Gasteiger partial charge is 0.496 e. The van der Waals surface area contributed by atoms with Crippen molar-refractivity contribution >= 4 is 5.69 Å². The number of ether oxygens (including phenoxy) is 2. The van der Waals surface area contributed by atoms with Gasteiger partial charge in [-0.3, -0.25) is 0 Å². The quantitative estimate of drug-likeness (QED) is 0.776. The number of nitrogens with zero attached hydrogens (tertiary/aromatic N) is 1. The van der Waals surface area contributed by atoms with Crippen molar-refractivity contribution in [1.82, 2.24) is 0 Å². The summed E-state index contributed by atoms with van der Waals surface area (Å²) >= 11 is 0. The van der Waals surface area contributed by atoms with Crippen LogP contribution in [0.1, 0.15) is 18.5 Å². The van der Waals surface area contributed by atoms with E-state index < -0.39 is 6.10 Å². The van der Waals surface area contributed by atoms with Gasteiger partial charge in [0.25, 0.3) is 0 Å². The van der Waals surface area contributed by atoms with Crippen molar-refractivity contribution < 1.29 is 14.6 Å². The molecule has 0 radical (unpaired) electrons. The number of hydrogen-bond donors (Lipinski definition) is 2. The molecule has 1 aromatic rings. The first-order valence-electron chi connectivity index (χ1n) is 6.31. The molecule has 3 N–H and O–H groups in total. The first-order chi connectivity index (χ1) is 9.01. The second kappa shape index (κ2) is 7.33. The van der Waals surface area contributed by atoms with E-state index in [-0.39, 0.29) is 6.04 Å². The van der Waals surface area contributed by atoms with Crippen LogP contribution in [0.15, 0.2) is 18.2 Å². The normalized spacial score (nSPS) is 14.0. The van der Waals surface area contributed by atoms with E-state index in [4.69, 9.17) is 15.2 Å². The second-order valence-electron chi connectivity index (χ2n) is 4.67. The third-order valence-corrected chi connectivity index (χ3v) is 2.97. The summed E-state index contributed by atoms with van der Waals surface area (Å²) in [6.07, 6.45) is -0.540. The molecule has 1 aromatic carbocycles. The zero-order valence-corrected chi connectivity index (χ0v) is 12.1. The maximum Gasteiger partial charge on any atom is 0.125 e. The van der Waals surface area contributed by atoms with E-state index in [1.807, 2.05) is 37.1 Å². The minimum atomic E-state index is -0.540. The predicted octanol–water partition coefficient (Wildman–Crippen LogP) is 1.16. The van der Waals surface area contributed by atoms with Gasteiger partial charge in [-0.1, -0.05) is 6.07 Å². The maximum absolute atomic E-state index is 9.81. The molecule has 5 nitrogen and oxygen atoms in total. The average molecular weight is 268 g/mol. The molecule has 1 unspecified atom stereocenters. The molecule has 0 saturated carbocycles. The average Bonchev–Trinajstić information content (AvgIpc) is 2.37. The Balaban J connectivity index is 2.98. The molecule has 0 aromatic heterocycles. The Kier molecular flexibility index (Phi) is 6.08. The standard InChI is InChI=1S/C14H24N2O3/c1-10(15)14-12(6-5-7-13(14)19-4)16(2)8-11(17)9-18-3/h5-7,10-11,17H,8-9,15H2,1-4H3/t10-,11?/m1/s1. The number of benzene rings is 1. The molecule has 0 aliphatic heterocycles. The van der Waals surface area contributed by atoms with E-state index in [1.165, 1.54) is 0 Å². The molecule has 0 aliphatic rings. The van der Waals surface area contributed by atoms with E-state index in [2.05, 4.69) is 0 Å². The van der Waals surface area contributed by atoms with Crippen molar-refractivity contribution in [2.24, 2.45) is 5.73 Å². The number of aliphatic hydroxyl groups excluding tert-OH is 1. The third-order valence-electron chi connectivity index (χ3n) is 2.97. The molecule has 0 heterocycles. The SMILES string of the molecule is COCC(O)CN(C)c1cccc(OC)c1[C@@H](C)N. The maximum atomic E-state index is 9.81. The van der Waals surface area contributed by atoms with Gasteiger partial charge in [0.1, 0.15) is 5.75 Å². The topological polar surface area (TPSA) is 68.0 Å². The summed E-state index contributed by atoms with van der Waals surface area (Å²) in [6, 6.07) is 5.63.